The molecule has 1 aromatic carbocycles. The molecular weight excluding hydrogens is 258 g/mol. The molecule has 2 N–H and O–H groups in total. The van der Waals surface area contributed by atoms with Crippen molar-refractivity contribution in [1.82, 2.24) is 4.90 Å². The topological polar surface area (TPSA) is 77.8 Å². The van der Waals surface area contributed by atoms with Crippen LogP contribution in [-0.2, 0) is 11.2 Å². The summed E-state index contributed by atoms with van der Waals surface area (Å²) in [5.41, 5.74) is -0.00666. The van der Waals surface area contributed by atoms with Crippen LogP contribution in [0.5, 0.6) is 0 Å². The van der Waals surface area contributed by atoms with Crippen LogP contribution in [0.3, 0.4) is 0 Å². The molecule has 5 heteroatoms. The monoisotopic (exact) mass is 275 g/mol. The lowest BCUT2D eigenvalue weighted by molar-refractivity contribution is -0.158. The SMILES string of the molecule is O=C(O)c1ccccc1CC(=O)N1CC(O)(C2CC2)C1. The second kappa shape index (κ2) is 4.59. The van der Waals surface area contributed by atoms with E-state index in [0.717, 1.165) is 12.8 Å². The minimum atomic E-state index is -1.02. The zero-order valence-electron chi connectivity index (χ0n) is 11.1. The number of hydrogen-bond donors (Lipinski definition) is 2. The summed E-state index contributed by atoms with van der Waals surface area (Å²) in [6.07, 6.45) is 2.16. The van der Waals surface area contributed by atoms with Crippen molar-refractivity contribution in [2.45, 2.75) is 24.9 Å². The maximum Gasteiger partial charge on any atom is 0.335 e. The molecule has 0 radical (unpaired) electrons. The molecule has 2 fully saturated rings. The predicted molar refractivity (Wildman–Crippen MR) is 71.4 cm³/mol. The highest BCUT2D eigenvalue weighted by Gasteiger charge is 2.53. The van der Waals surface area contributed by atoms with Crippen LogP contribution >= 0.6 is 0 Å². The van der Waals surface area contributed by atoms with Crippen molar-refractivity contribution in [3.8, 4) is 0 Å². The minimum Gasteiger partial charge on any atom is -0.478 e. The van der Waals surface area contributed by atoms with Crippen molar-refractivity contribution in [3.63, 3.8) is 0 Å². The van der Waals surface area contributed by atoms with E-state index in [4.69, 9.17) is 5.11 Å². The van der Waals surface area contributed by atoms with Gasteiger partial charge in [0.2, 0.25) is 5.91 Å². The Labute approximate surface area is 116 Å². The molecule has 0 unspecified atom stereocenters. The number of rotatable bonds is 4. The molecule has 1 aliphatic carbocycles. The Morgan fingerprint density at radius 1 is 1.25 bits per heavy atom. The Bertz CT molecular complexity index is 559. The third kappa shape index (κ3) is 2.29. The van der Waals surface area contributed by atoms with Gasteiger partial charge in [-0.25, -0.2) is 4.79 Å². The van der Waals surface area contributed by atoms with Crippen LogP contribution in [0.25, 0.3) is 0 Å². The van der Waals surface area contributed by atoms with E-state index < -0.39 is 11.6 Å². The lowest BCUT2D eigenvalue weighted by Gasteiger charge is -2.47. The second-order valence-corrected chi connectivity index (χ2v) is 5.77. The first-order valence-electron chi connectivity index (χ1n) is 6.81. The highest BCUT2D eigenvalue weighted by molar-refractivity contribution is 5.91. The number of aromatic carboxylic acids is 1. The third-order valence-corrected chi connectivity index (χ3v) is 4.21. The maximum absolute atomic E-state index is 12.1. The van der Waals surface area contributed by atoms with E-state index in [1.165, 1.54) is 6.07 Å². The largest absolute Gasteiger partial charge is 0.478 e. The Morgan fingerprint density at radius 2 is 1.90 bits per heavy atom. The Morgan fingerprint density at radius 3 is 2.50 bits per heavy atom. The summed E-state index contributed by atoms with van der Waals surface area (Å²) >= 11 is 0. The first-order valence-corrected chi connectivity index (χ1v) is 6.81. The first kappa shape index (κ1) is 13.1. The van der Waals surface area contributed by atoms with Crippen LogP contribution in [0.2, 0.25) is 0 Å². The highest BCUT2D eigenvalue weighted by Crippen LogP contribution is 2.44. The Balaban J connectivity index is 1.64. The zero-order valence-corrected chi connectivity index (χ0v) is 11.1. The number of nitrogens with zero attached hydrogens (tertiary/aromatic N) is 1. The Kier molecular flexibility index (Phi) is 3.01. The third-order valence-electron chi connectivity index (χ3n) is 4.21. The van der Waals surface area contributed by atoms with Crippen molar-refractivity contribution in [1.29, 1.82) is 0 Å². The normalized spacial score (nSPS) is 20.4. The molecule has 1 aliphatic heterocycles. The fourth-order valence-corrected chi connectivity index (χ4v) is 2.83. The molecular formula is C15H17NO4. The van der Waals surface area contributed by atoms with E-state index in [2.05, 4.69) is 0 Å². The molecule has 20 heavy (non-hydrogen) atoms. The highest BCUT2D eigenvalue weighted by atomic mass is 16.4. The summed E-state index contributed by atoms with van der Waals surface area (Å²) in [6.45, 7) is 0.761. The van der Waals surface area contributed by atoms with Gasteiger partial charge in [-0.3, -0.25) is 4.79 Å². The lowest BCUT2D eigenvalue weighted by atomic mass is 9.88. The van der Waals surface area contributed by atoms with Gasteiger partial charge in [0.25, 0.3) is 0 Å². The van der Waals surface area contributed by atoms with Crippen molar-refractivity contribution in [2.75, 3.05) is 13.1 Å². The van der Waals surface area contributed by atoms with Crippen LogP contribution in [0.15, 0.2) is 24.3 Å². The predicted octanol–water partition coefficient (Wildman–Crippen LogP) is 0.911. The number of carbonyl (C=O) groups excluding carboxylic acids is 1. The van der Waals surface area contributed by atoms with Gasteiger partial charge in [-0.1, -0.05) is 18.2 Å². The number of hydrogen-bond acceptors (Lipinski definition) is 3. The average molecular weight is 275 g/mol. The summed E-state index contributed by atoms with van der Waals surface area (Å²) < 4.78 is 0. The molecule has 3 rings (SSSR count). The van der Waals surface area contributed by atoms with Crippen molar-refractivity contribution in [3.05, 3.63) is 35.4 Å². The van der Waals surface area contributed by atoms with E-state index in [1.807, 2.05) is 0 Å². The van der Waals surface area contributed by atoms with Gasteiger partial charge in [0.05, 0.1) is 25.1 Å². The smallest absolute Gasteiger partial charge is 0.335 e. The second-order valence-electron chi connectivity index (χ2n) is 5.77. The van der Waals surface area contributed by atoms with Gasteiger partial charge >= 0.3 is 5.97 Å². The van der Waals surface area contributed by atoms with Gasteiger partial charge in [-0.15, -0.1) is 0 Å². The molecule has 0 bridgehead atoms. The molecule has 106 valence electrons. The number of likely N-dealkylation sites (tertiary alicyclic amines) is 1. The molecule has 1 heterocycles. The molecule has 1 saturated carbocycles. The fraction of sp³-hybridized carbons (Fsp3) is 0.467. The van der Waals surface area contributed by atoms with Crippen molar-refractivity contribution < 1.29 is 19.8 Å². The van der Waals surface area contributed by atoms with Crippen LogP contribution in [0, 0.1) is 5.92 Å². The summed E-state index contributed by atoms with van der Waals surface area (Å²) in [5, 5.41) is 19.3. The maximum atomic E-state index is 12.1. The van der Waals surface area contributed by atoms with Gasteiger partial charge in [0, 0.05) is 0 Å². The number of β-amino-alcohol motifs (C(OH)–C–C–N with tert-alkyl or cyclic N) is 1. The summed E-state index contributed by atoms with van der Waals surface area (Å²) in [6, 6.07) is 6.54. The van der Waals surface area contributed by atoms with Gasteiger partial charge in [-0.05, 0) is 30.4 Å². The molecule has 1 saturated heterocycles. The van der Waals surface area contributed by atoms with Gasteiger partial charge in [0.15, 0.2) is 0 Å². The van der Waals surface area contributed by atoms with E-state index in [1.54, 1.807) is 23.1 Å². The van der Waals surface area contributed by atoms with Crippen LogP contribution in [-0.4, -0.2) is 45.7 Å². The number of benzene rings is 1. The van der Waals surface area contributed by atoms with E-state index in [-0.39, 0.29) is 17.9 Å². The number of carbonyl (C=O) groups is 2. The standard InChI is InChI=1S/C15H17NO4/c17-13(16-8-15(20,9-16)11-5-6-11)7-10-3-1-2-4-12(10)14(18)19/h1-4,11,20H,5-9H2,(H,18,19). The van der Waals surface area contributed by atoms with Gasteiger partial charge in [-0.2, -0.15) is 0 Å². The van der Waals surface area contributed by atoms with E-state index >= 15 is 0 Å². The molecule has 0 atom stereocenters. The number of carboxylic acids is 1. The molecule has 1 aromatic rings. The minimum absolute atomic E-state index is 0.0726. The summed E-state index contributed by atoms with van der Waals surface area (Å²) in [7, 11) is 0. The van der Waals surface area contributed by atoms with Crippen molar-refractivity contribution in [2.24, 2.45) is 5.92 Å². The zero-order chi connectivity index (χ0) is 14.3. The lowest BCUT2D eigenvalue weighted by Crippen LogP contribution is -2.65. The summed E-state index contributed by atoms with van der Waals surface area (Å²) in [5.74, 6) is -0.798. The number of amides is 1. The van der Waals surface area contributed by atoms with Crippen LogP contribution in [0.4, 0.5) is 0 Å². The van der Waals surface area contributed by atoms with Crippen LogP contribution in [0.1, 0.15) is 28.8 Å². The van der Waals surface area contributed by atoms with Crippen molar-refractivity contribution >= 4 is 11.9 Å². The molecule has 0 spiro atoms. The number of aliphatic hydroxyl groups is 1. The van der Waals surface area contributed by atoms with Gasteiger partial charge in [0.1, 0.15) is 5.60 Å². The van der Waals surface area contributed by atoms with E-state index in [0.29, 0.717) is 24.6 Å². The van der Waals surface area contributed by atoms with Gasteiger partial charge < -0.3 is 15.1 Å². The first-order chi connectivity index (χ1) is 9.49. The van der Waals surface area contributed by atoms with Crippen LogP contribution < -0.4 is 0 Å². The fourth-order valence-electron chi connectivity index (χ4n) is 2.83. The molecule has 2 aliphatic rings. The van der Waals surface area contributed by atoms with E-state index in [9.17, 15) is 14.7 Å². The Hall–Kier alpha value is -1.88. The number of carboxylic acid groups (broad SMARTS) is 1. The molecule has 0 aromatic heterocycles. The summed E-state index contributed by atoms with van der Waals surface area (Å²) in [4.78, 5) is 24.8. The molecule has 1 amide bonds. The quantitative estimate of drug-likeness (QED) is 0.856. The molecule has 5 nitrogen and oxygen atoms in total. The average Bonchev–Trinajstić information content (AvgIpc) is 3.19.